The average molecular weight is 552 g/mol. The van der Waals surface area contributed by atoms with Crippen LogP contribution in [0.15, 0.2) is 91.9 Å². The largest absolute Gasteiger partial charge is 0.457 e. The van der Waals surface area contributed by atoms with Crippen LogP contribution >= 0.6 is 22.7 Å². The third kappa shape index (κ3) is 3.93. The molecule has 0 saturated heterocycles. The summed E-state index contributed by atoms with van der Waals surface area (Å²) in [5, 5.41) is 13.2. The minimum Gasteiger partial charge on any atom is -0.457 e. The molecule has 1 aliphatic heterocycles. The predicted octanol–water partition coefficient (Wildman–Crippen LogP) is 5.86. The highest BCUT2D eigenvalue weighted by Crippen LogP contribution is 2.42. The number of nitro benzene ring substituents is 1. The van der Waals surface area contributed by atoms with Gasteiger partial charge in [-0.05, 0) is 66.1 Å². The van der Waals surface area contributed by atoms with Gasteiger partial charge >= 0.3 is 0 Å². The number of nitro groups is 1. The SMILES string of the molecule is Cc1cc([N+](=O)[O-])ccc1-c1ccc(/C=c2/sc3n(c2=O)[C@H](c2cccs2)C2=C(N=3)c3ccccc3CC2)o1. The van der Waals surface area contributed by atoms with Gasteiger partial charge in [-0.3, -0.25) is 19.5 Å². The summed E-state index contributed by atoms with van der Waals surface area (Å²) in [5.74, 6) is 1.12. The van der Waals surface area contributed by atoms with Crippen LogP contribution in [-0.4, -0.2) is 9.49 Å². The van der Waals surface area contributed by atoms with Crippen LogP contribution in [0.3, 0.4) is 0 Å². The number of aromatic nitrogens is 1. The zero-order valence-corrected chi connectivity index (χ0v) is 22.4. The molecule has 5 aromatic rings. The lowest BCUT2D eigenvalue weighted by Crippen LogP contribution is -2.38. The molecule has 0 unspecified atom stereocenters. The quantitative estimate of drug-likeness (QED) is 0.207. The van der Waals surface area contributed by atoms with Gasteiger partial charge in [0.15, 0.2) is 4.80 Å². The van der Waals surface area contributed by atoms with E-state index in [1.807, 2.05) is 41.1 Å². The molecule has 1 atom stereocenters. The fourth-order valence-electron chi connectivity index (χ4n) is 5.46. The van der Waals surface area contributed by atoms with Crippen molar-refractivity contribution in [2.24, 2.45) is 4.99 Å². The van der Waals surface area contributed by atoms with Gasteiger partial charge in [0.05, 0.1) is 21.2 Å². The van der Waals surface area contributed by atoms with Crippen LogP contribution in [0.25, 0.3) is 23.1 Å². The molecule has 0 N–H and O–H groups in total. The molecule has 4 heterocycles. The molecule has 2 aromatic carbocycles. The first kappa shape index (κ1) is 23.8. The summed E-state index contributed by atoms with van der Waals surface area (Å²) < 4.78 is 8.45. The second-order valence-electron chi connectivity index (χ2n) is 9.59. The van der Waals surface area contributed by atoms with E-state index in [1.165, 1.54) is 34.6 Å². The summed E-state index contributed by atoms with van der Waals surface area (Å²) in [6.07, 6.45) is 3.54. The van der Waals surface area contributed by atoms with Gasteiger partial charge < -0.3 is 4.42 Å². The van der Waals surface area contributed by atoms with E-state index in [0.29, 0.717) is 20.9 Å². The lowest BCUT2D eigenvalue weighted by Gasteiger charge is -2.30. The zero-order valence-electron chi connectivity index (χ0n) is 20.8. The lowest BCUT2D eigenvalue weighted by atomic mass is 9.85. The van der Waals surface area contributed by atoms with Crippen LogP contribution in [0, 0.1) is 17.0 Å². The molecule has 7 rings (SSSR count). The normalized spacial score (nSPS) is 16.4. The van der Waals surface area contributed by atoms with Gasteiger partial charge in [-0.25, -0.2) is 4.99 Å². The highest BCUT2D eigenvalue weighted by atomic mass is 32.1. The molecular formula is C30H21N3O4S2. The smallest absolute Gasteiger partial charge is 0.271 e. The molecule has 39 heavy (non-hydrogen) atoms. The molecule has 192 valence electrons. The number of nitrogens with zero attached hydrogens (tertiary/aromatic N) is 3. The first-order valence-corrected chi connectivity index (χ1v) is 14.2. The van der Waals surface area contributed by atoms with Crippen LogP contribution in [0.2, 0.25) is 0 Å². The lowest BCUT2D eigenvalue weighted by molar-refractivity contribution is -0.384. The van der Waals surface area contributed by atoms with Gasteiger partial charge in [-0.1, -0.05) is 41.7 Å². The van der Waals surface area contributed by atoms with E-state index in [0.717, 1.165) is 40.1 Å². The molecule has 0 spiro atoms. The standard InChI is InChI=1S/C30H21N3O4S2/c1-17-15-19(33(35)36)9-12-21(17)24-13-10-20(37-24)16-26-29(34)32-28(25-7-4-14-38-25)23-11-8-18-5-2-3-6-22(18)27(23)31-30(32)39-26/h2-7,9-10,12-16,28H,8,11H2,1H3/b26-16+/t28-/m0/s1. The number of hydrogen-bond donors (Lipinski definition) is 0. The van der Waals surface area contributed by atoms with Gasteiger partial charge in [-0.2, -0.15) is 0 Å². The van der Waals surface area contributed by atoms with Gasteiger partial charge in [0.2, 0.25) is 0 Å². The maximum absolute atomic E-state index is 13.8. The Morgan fingerprint density at radius 2 is 1.95 bits per heavy atom. The van der Waals surface area contributed by atoms with E-state index in [4.69, 9.17) is 9.41 Å². The Morgan fingerprint density at radius 1 is 1.08 bits per heavy atom. The Bertz CT molecular complexity index is 1990. The van der Waals surface area contributed by atoms with Crippen LogP contribution in [0.5, 0.6) is 0 Å². The molecule has 0 saturated carbocycles. The fourth-order valence-corrected chi connectivity index (χ4v) is 7.29. The van der Waals surface area contributed by atoms with Crippen molar-refractivity contribution >= 4 is 40.1 Å². The molecule has 0 fully saturated rings. The molecule has 0 amide bonds. The highest BCUT2D eigenvalue weighted by Gasteiger charge is 2.33. The van der Waals surface area contributed by atoms with Crippen molar-refractivity contribution in [2.45, 2.75) is 25.8 Å². The minimum atomic E-state index is -0.413. The number of furan rings is 1. The van der Waals surface area contributed by atoms with Gasteiger partial charge in [0, 0.05) is 34.2 Å². The maximum Gasteiger partial charge on any atom is 0.271 e. The molecule has 7 nitrogen and oxygen atoms in total. The van der Waals surface area contributed by atoms with Gasteiger partial charge in [0.25, 0.3) is 11.2 Å². The topological polar surface area (TPSA) is 90.6 Å². The number of aryl methyl sites for hydroxylation is 2. The number of rotatable bonds is 4. The number of benzene rings is 2. The Hall–Kier alpha value is -4.34. The molecule has 3 aromatic heterocycles. The third-order valence-corrected chi connectivity index (χ3v) is 9.18. The van der Waals surface area contributed by atoms with Gasteiger partial charge in [0.1, 0.15) is 11.5 Å². The first-order valence-electron chi connectivity index (χ1n) is 12.5. The van der Waals surface area contributed by atoms with Crippen LogP contribution in [-0.2, 0) is 6.42 Å². The summed E-state index contributed by atoms with van der Waals surface area (Å²) >= 11 is 3.02. The number of thiophene rings is 1. The molecule has 1 aliphatic carbocycles. The summed E-state index contributed by atoms with van der Waals surface area (Å²) in [6, 6.07) is 20.6. The van der Waals surface area contributed by atoms with E-state index >= 15 is 0 Å². The van der Waals surface area contributed by atoms with Crippen LogP contribution in [0.4, 0.5) is 5.69 Å². The summed E-state index contributed by atoms with van der Waals surface area (Å²) in [4.78, 5) is 31.4. The van der Waals surface area contributed by atoms with E-state index < -0.39 is 4.92 Å². The first-order chi connectivity index (χ1) is 19.0. The predicted molar refractivity (Wildman–Crippen MR) is 153 cm³/mol. The Labute approximate surface area is 230 Å². The molecule has 0 radical (unpaired) electrons. The van der Waals surface area contributed by atoms with Crippen molar-refractivity contribution in [3.8, 4) is 11.3 Å². The fraction of sp³-hybridized carbons (Fsp3) is 0.133. The minimum absolute atomic E-state index is 0.0368. The molecular weight excluding hydrogens is 530 g/mol. The van der Waals surface area contributed by atoms with E-state index in [9.17, 15) is 14.9 Å². The molecule has 0 bridgehead atoms. The summed E-state index contributed by atoms with van der Waals surface area (Å²) in [6.45, 7) is 1.81. The number of fused-ring (bicyclic) bond motifs is 3. The van der Waals surface area contributed by atoms with Gasteiger partial charge in [-0.15, -0.1) is 11.3 Å². The number of allylic oxidation sites excluding steroid dienone is 1. The monoisotopic (exact) mass is 551 g/mol. The van der Waals surface area contributed by atoms with E-state index in [1.54, 1.807) is 23.5 Å². The molecule has 2 aliphatic rings. The molecule has 9 heteroatoms. The van der Waals surface area contributed by atoms with Crippen molar-refractivity contribution in [3.05, 3.63) is 135 Å². The number of non-ortho nitro benzene ring substituents is 1. The summed E-state index contributed by atoms with van der Waals surface area (Å²) in [7, 11) is 0. The zero-order chi connectivity index (χ0) is 26.7. The van der Waals surface area contributed by atoms with Crippen molar-refractivity contribution < 1.29 is 9.34 Å². The van der Waals surface area contributed by atoms with E-state index in [-0.39, 0.29) is 17.3 Å². The second-order valence-corrected chi connectivity index (χ2v) is 11.6. The maximum atomic E-state index is 13.8. The third-order valence-electron chi connectivity index (χ3n) is 7.27. The Kier molecular flexibility index (Phi) is 5.57. The second kappa shape index (κ2) is 9.14. The van der Waals surface area contributed by atoms with Crippen molar-refractivity contribution in [1.29, 1.82) is 0 Å². The number of thiazole rings is 1. The van der Waals surface area contributed by atoms with Crippen molar-refractivity contribution in [3.63, 3.8) is 0 Å². The van der Waals surface area contributed by atoms with Crippen LogP contribution in [0.1, 0.15) is 39.8 Å². The highest BCUT2D eigenvalue weighted by molar-refractivity contribution is 7.10. The average Bonchev–Trinajstić information content (AvgIpc) is 3.69. The van der Waals surface area contributed by atoms with Crippen molar-refractivity contribution in [1.82, 2.24) is 4.57 Å². The van der Waals surface area contributed by atoms with Crippen LogP contribution < -0.4 is 14.9 Å². The Morgan fingerprint density at radius 3 is 2.74 bits per heavy atom. The number of hydrogen-bond acceptors (Lipinski definition) is 7. The van der Waals surface area contributed by atoms with Crippen molar-refractivity contribution in [2.75, 3.05) is 0 Å². The van der Waals surface area contributed by atoms with E-state index in [2.05, 4.69) is 24.3 Å². The Balaban J connectivity index is 1.35. The summed E-state index contributed by atoms with van der Waals surface area (Å²) in [5.41, 5.74) is 6.06.